The molecule has 4 N–H and O–H groups in total. The smallest absolute Gasteiger partial charge is 0.255 e. The van der Waals surface area contributed by atoms with Crippen LogP contribution >= 0.6 is 0 Å². The summed E-state index contributed by atoms with van der Waals surface area (Å²) < 4.78 is 0. The highest BCUT2D eigenvalue weighted by molar-refractivity contribution is 5.82. The number of rotatable bonds is 5. The summed E-state index contributed by atoms with van der Waals surface area (Å²) in [5, 5.41) is 9.05. The van der Waals surface area contributed by atoms with E-state index in [-0.39, 0.29) is 18.6 Å². The van der Waals surface area contributed by atoms with E-state index in [9.17, 15) is 4.79 Å². The average Bonchev–Trinajstić information content (AvgIpc) is 2.75. The Morgan fingerprint density at radius 3 is 2.67 bits per heavy atom. The van der Waals surface area contributed by atoms with Gasteiger partial charge in [-0.15, -0.1) is 0 Å². The fraction of sp³-hybridized carbons (Fsp3) is 0.533. The van der Waals surface area contributed by atoms with E-state index in [1.807, 2.05) is 30.3 Å². The molecule has 1 heterocycles. The Morgan fingerprint density at radius 1 is 1.24 bits per heavy atom. The monoisotopic (exact) mass is 292 g/mol. The number of β-amino-alcohol motifs (C(OH)–C–C–N with tert-alkyl or cyclic N) is 1. The number of amides is 1. The van der Waals surface area contributed by atoms with Crippen molar-refractivity contribution in [1.82, 2.24) is 15.2 Å². The minimum atomic E-state index is -0.356. The van der Waals surface area contributed by atoms with E-state index in [1.165, 1.54) is 0 Å². The predicted octanol–water partition coefficient (Wildman–Crippen LogP) is -0.282. The maximum absolute atomic E-state index is 12.2. The third-order valence-corrected chi connectivity index (χ3v) is 3.91. The zero-order valence-electron chi connectivity index (χ0n) is 12.2. The van der Waals surface area contributed by atoms with E-state index in [4.69, 9.17) is 10.9 Å². The summed E-state index contributed by atoms with van der Waals surface area (Å²) in [4.78, 5) is 16.6. The Bertz CT molecular complexity index is 441. The van der Waals surface area contributed by atoms with Crippen LogP contribution in [0.4, 0.5) is 0 Å². The van der Waals surface area contributed by atoms with E-state index in [1.54, 1.807) is 0 Å². The van der Waals surface area contributed by atoms with Gasteiger partial charge in [-0.3, -0.25) is 20.0 Å². The minimum Gasteiger partial charge on any atom is -0.395 e. The van der Waals surface area contributed by atoms with Crippen molar-refractivity contribution in [3.63, 3.8) is 0 Å². The molecule has 2 rings (SSSR count). The number of benzene rings is 1. The lowest BCUT2D eigenvalue weighted by Crippen LogP contribution is -2.44. The van der Waals surface area contributed by atoms with Crippen LogP contribution in [-0.2, 0) is 4.79 Å². The van der Waals surface area contributed by atoms with Gasteiger partial charge in [0.1, 0.15) is 6.04 Å². The number of aliphatic hydroxyl groups excluding tert-OH is 1. The molecule has 1 amide bonds. The van der Waals surface area contributed by atoms with E-state index in [0.717, 1.165) is 38.2 Å². The van der Waals surface area contributed by atoms with Crippen LogP contribution < -0.4 is 11.3 Å². The van der Waals surface area contributed by atoms with Crippen molar-refractivity contribution in [2.75, 3.05) is 39.3 Å². The van der Waals surface area contributed by atoms with Gasteiger partial charge in [0.15, 0.2) is 0 Å². The van der Waals surface area contributed by atoms with Crippen molar-refractivity contribution >= 4 is 5.91 Å². The van der Waals surface area contributed by atoms with E-state index in [2.05, 4.69) is 15.2 Å². The van der Waals surface area contributed by atoms with Crippen LogP contribution in [0, 0.1) is 0 Å². The number of hydrogen-bond donors (Lipinski definition) is 3. The van der Waals surface area contributed by atoms with Gasteiger partial charge >= 0.3 is 0 Å². The topological polar surface area (TPSA) is 81.8 Å². The summed E-state index contributed by atoms with van der Waals surface area (Å²) in [5.41, 5.74) is 3.24. The molecular weight excluding hydrogens is 268 g/mol. The molecule has 1 aliphatic heterocycles. The SMILES string of the molecule is NNC(=O)C(c1ccccc1)N1CCCN(CCO)CC1. The summed E-state index contributed by atoms with van der Waals surface area (Å²) in [6, 6.07) is 9.36. The van der Waals surface area contributed by atoms with Gasteiger partial charge in [-0.2, -0.15) is 0 Å². The van der Waals surface area contributed by atoms with Crippen LogP contribution in [0.25, 0.3) is 0 Å². The molecule has 1 fully saturated rings. The van der Waals surface area contributed by atoms with Crippen molar-refractivity contribution in [1.29, 1.82) is 0 Å². The molecule has 6 heteroatoms. The second-order valence-corrected chi connectivity index (χ2v) is 5.28. The van der Waals surface area contributed by atoms with Crippen LogP contribution in [0.3, 0.4) is 0 Å². The summed E-state index contributed by atoms with van der Waals surface area (Å²) in [6.45, 7) is 4.28. The average molecular weight is 292 g/mol. The van der Waals surface area contributed by atoms with Gasteiger partial charge in [-0.05, 0) is 18.5 Å². The third kappa shape index (κ3) is 4.25. The quantitative estimate of drug-likeness (QED) is 0.395. The molecule has 1 aliphatic rings. The van der Waals surface area contributed by atoms with E-state index >= 15 is 0 Å². The molecule has 21 heavy (non-hydrogen) atoms. The van der Waals surface area contributed by atoms with Gasteiger partial charge in [-0.25, -0.2) is 5.84 Å². The highest BCUT2D eigenvalue weighted by Crippen LogP contribution is 2.22. The van der Waals surface area contributed by atoms with E-state index < -0.39 is 0 Å². The van der Waals surface area contributed by atoms with Crippen molar-refractivity contribution in [2.45, 2.75) is 12.5 Å². The number of nitrogens with two attached hydrogens (primary N) is 1. The maximum Gasteiger partial charge on any atom is 0.255 e. The highest BCUT2D eigenvalue weighted by atomic mass is 16.3. The molecule has 0 aromatic heterocycles. The molecule has 6 nitrogen and oxygen atoms in total. The first-order valence-corrected chi connectivity index (χ1v) is 7.39. The Kier molecular flexibility index (Phi) is 6.13. The minimum absolute atomic E-state index is 0.172. The number of nitrogens with zero attached hydrogens (tertiary/aromatic N) is 2. The number of carbonyl (C=O) groups excluding carboxylic acids is 1. The lowest BCUT2D eigenvalue weighted by molar-refractivity contribution is -0.126. The number of carbonyl (C=O) groups is 1. The molecule has 1 atom stereocenters. The molecule has 1 aromatic rings. The summed E-state index contributed by atoms with van der Waals surface area (Å²) in [7, 11) is 0. The van der Waals surface area contributed by atoms with E-state index in [0.29, 0.717) is 6.54 Å². The molecule has 1 aromatic carbocycles. The molecule has 0 radical (unpaired) electrons. The molecular formula is C15H24N4O2. The van der Waals surface area contributed by atoms with Crippen LogP contribution in [0.15, 0.2) is 30.3 Å². The van der Waals surface area contributed by atoms with Crippen molar-refractivity contribution < 1.29 is 9.90 Å². The number of aliphatic hydroxyl groups is 1. The first kappa shape index (κ1) is 15.9. The first-order valence-electron chi connectivity index (χ1n) is 7.39. The van der Waals surface area contributed by atoms with Crippen LogP contribution in [-0.4, -0.2) is 60.1 Å². The molecule has 1 unspecified atom stereocenters. The second kappa shape index (κ2) is 8.09. The molecule has 0 bridgehead atoms. The molecule has 1 saturated heterocycles. The van der Waals surface area contributed by atoms with Crippen molar-refractivity contribution in [3.05, 3.63) is 35.9 Å². The van der Waals surface area contributed by atoms with Crippen LogP contribution in [0.1, 0.15) is 18.0 Å². The number of hydrogen-bond acceptors (Lipinski definition) is 5. The van der Waals surface area contributed by atoms with Gasteiger partial charge in [0.05, 0.1) is 6.61 Å². The lowest BCUT2D eigenvalue weighted by Gasteiger charge is -2.29. The zero-order valence-corrected chi connectivity index (χ0v) is 12.2. The van der Waals surface area contributed by atoms with Crippen molar-refractivity contribution in [3.8, 4) is 0 Å². The number of nitrogens with one attached hydrogen (secondary N) is 1. The Morgan fingerprint density at radius 2 is 2.00 bits per heavy atom. The molecule has 0 saturated carbocycles. The summed E-state index contributed by atoms with van der Waals surface area (Å²) in [5.74, 6) is 5.18. The van der Waals surface area contributed by atoms with Crippen LogP contribution in [0.2, 0.25) is 0 Å². The number of hydrazine groups is 1. The lowest BCUT2D eigenvalue weighted by atomic mass is 10.0. The predicted molar refractivity (Wildman–Crippen MR) is 81.2 cm³/mol. The van der Waals surface area contributed by atoms with Crippen LogP contribution in [0.5, 0.6) is 0 Å². The van der Waals surface area contributed by atoms with Gasteiger partial charge < -0.3 is 5.11 Å². The Hall–Kier alpha value is -1.47. The zero-order chi connectivity index (χ0) is 15.1. The highest BCUT2D eigenvalue weighted by Gasteiger charge is 2.28. The summed E-state index contributed by atoms with van der Waals surface area (Å²) >= 11 is 0. The Balaban J connectivity index is 2.12. The standard InChI is InChI=1S/C15H24N4O2/c16-17-15(21)14(13-5-2-1-3-6-13)19-8-4-7-18(9-10-19)11-12-20/h1-3,5-6,14,20H,4,7-12,16H2,(H,17,21). The van der Waals surface area contributed by atoms with Gasteiger partial charge in [0.25, 0.3) is 5.91 Å². The van der Waals surface area contributed by atoms with Gasteiger partial charge in [0, 0.05) is 26.2 Å². The first-order chi connectivity index (χ1) is 10.3. The molecule has 116 valence electrons. The Labute approximate surface area is 125 Å². The maximum atomic E-state index is 12.2. The fourth-order valence-electron chi connectivity index (χ4n) is 2.86. The third-order valence-electron chi connectivity index (χ3n) is 3.91. The second-order valence-electron chi connectivity index (χ2n) is 5.28. The molecule has 0 aliphatic carbocycles. The van der Waals surface area contributed by atoms with Crippen molar-refractivity contribution in [2.24, 2.45) is 5.84 Å². The largest absolute Gasteiger partial charge is 0.395 e. The summed E-state index contributed by atoms with van der Waals surface area (Å²) in [6.07, 6.45) is 0.973. The fourth-order valence-corrected chi connectivity index (χ4v) is 2.86. The van der Waals surface area contributed by atoms with Gasteiger partial charge in [-0.1, -0.05) is 30.3 Å². The van der Waals surface area contributed by atoms with Gasteiger partial charge in [0.2, 0.25) is 0 Å². The molecule has 0 spiro atoms. The normalized spacial score (nSPS) is 19.0.